The predicted molar refractivity (Wildman–Crippen MR) is 101 cm³/mol. The zero-order valence-corrected chi connectivity index (χ0v) is 16.4. The van der Waals surface area contributed by atoms with E-state index < -0.39 is 0 Å². The first-order valence-corrected chi connectivity index (χ1v) is 9.32. The van der Waals surface area contributed by atoms with Crippen LogP contribution in [-0.2, 0) is 11.2 Å². The van der Waals surface area contributed by atoms with Gasteiger partial charge in [0.15, 0.2) is 23.0 Å². The van der Waals surface area contributed by atoms with Gasteiger partial charge in [-0.15, -0.1) is 0 Å². The zero-order chi connectivity index (χ0) is 20.1. The zero-order valence-electron chi connectivity index (χ0n) is 16.4. The van der Waals surface area contributed by atoms with Crippen LogP contribution >= 0.6 is 0 Å². The molecule has 2 atom stereocenters. The molecule has 0 aliphatic carbocycles. The fraction of sp³-hybridized carbons (Fsp3) is 0.381. The first kappa shape index (κ1) is 17.8. The second-order valence-corrected chi connectivity index (χ2v) is 7.11. The number of methoxy groups -OCH3 is 3. The molecule has 0 aromatic heterocycles. The monoisotopic (exact) mass is 399 g/mol. The average molecular weight is 399 g/mol. The van der Waals surface area contributed by atoms with Gasteiger partial charge in [0.05, 0.1) is 33.4 Å². The number of ether oxygens (including phenoxy) is 6. The van der Waals surface area contributed by atoms with Crippen molar-refractivity contribution >= 4 is 6.09 Å². The van der Waals surface area contributed by atoms with Gasteiger partial charge >= 0.3 is 6.09 Å². The summed E-state index contributed by atoms with van der Waals surface area (Å²) in [5, 5.41) is 0. The van der Waals surface area contributed by atoms with Crippen molar-refractivity contribution in [2.45, 2.75) is 18.5 Å². The van der Waals surface area contributed by atoms with Crippen LogP contribution in [-0.4, -0.2) is 51.8 Å². The lowest BCUT2D eigenvalue weighted by Crippen LogP contribution is -2.42. The molecule has 2 aromatic carbocycles. The summed E-state index contributed by atoms with van der Waals surface area (Å²) in [6.07, 6.45) is 0.357. The molecule has 0 bridgehead atoms. The predicted octanol–water partition coefficient (Wildman–Crippen LogP) is 2.91. The second-order valence-electron chi connectivity index (χ2n) is 7.11. The van der Waals surface area contributed by atoms with Crippen LogP contribution in [0, 0.1) is 0 Å². The highest BCUT2D eigenvalue weighted by molar-refractivity contribution is 5.73. The van der Waals surface area contributed by atoms with E-state index in [2.05, 4.69) is 0 Å². The summed E-state index contributed by atoms with van der Waals surface area (Å²) in [6, 6.07) is 7.26. The maximum absolute atomic E-state index is 12.6. The van der Waals surface area contributed by atoms with Gasteiger partial charge in [-0.05, 0) is 47.4 Å². The molecule has 1 amide bonds. The number of nitrogens with zero attached hydrogens (tertiary/aromatic N) is 1. The number of hydrogen-bond acceptors (Lipinski definition) is 7. The van der Waals surface area contributed by atoms with Gasteiger partial charge in [0.25, 0.3) is 0 Å². The van der Waals surface area contributed by atoms with Crippen molar-refractivity contribution in [2.24, 2.45) is 0 Å². The van der Waals surface area contributed by atoms with Crippen molar-refractivity contribution in [2.75, 3.05) is 34.7 Å². The van der Waals surface area contributed by atoms with Crippen LogP contribution in [0.5, 0.6) is 28.7 Å². The fourth-order valence-corrected chi connectivity index (χ4v) is 4.38. The van der Waals surface area contributed by atoms with Gasteiger partial charge in [0, 0.05) is 0 Å². The van der Waals surface area contributed by atoms with Crippen molar-refractivity contribution in [1.29, 1.82) is 0 Å². The van der Waals surface area contributed by atoms with Gasteiger partial charge in [-0.3, -0.25) is 4.90 Å². The maximum atomic E-state index is 12.6. The Bertz CT molecular complexity index is 964. The molecule has 3 heterocycles. The Morgan fingerprint density at radius 3 is 2.28 bits per heavy atom. The molecule has 3 aliphatic heterocycles. The Balaban J connectivity index is 1.71. The summed E-state index contributed by atoms with van der Waals surface area (Å²) in [6.45, 7) is 0.551. The molecular formula is C21H21NO7. The van der Waals surface area contributed by atoms with Gasteiger partial charge < -0.3 is 28.4 Å². The van der Waals surface area contributed by atoms with E-state index in [1.807, 2.05) is 24.3 Å². The van der Waals surface area contributed by atoms with Crippen molar-refractivity contribution in [3.63, 3.8) is 0 Å². The lowest BCUT2D eigenvalue weighted by atomic mass is 9.85. The number of hydrogen-bond donors (Lipinski definition) is 0. The highest BCUT2D eigenvalue weighted by Crippen LogP contribution is 2.48. The molecule has 1 fully saturated rings. The maximum Gasteiger partial charge on any atom is 0.411 e. The normalized spacial score (nSPS) is 21.3. The molecule has 0 unspecified atom stereocenters. The Hall–Kier alpha value is -3.29. The highest BCUT2D eigenvalue weighted by atomic mass is 16.7. The summed E-state index contributed by atoms with van der Waals surface area (Å²) in [7, 11) is 4.70. The topological polar surface area (TPSA) is 75.7 Å². The van der Waals surface area contributed by atoms with Gasteiger partial charge in [0.2, 0.25) is 12.5 Å². The Labute approximate surface area is 167 Å². The van der Waals surface area contributed by atoms with E-state index in [0.717, 1.165) is 22.4 Å². The third-order valence-corrected chi connectivity index (χ3v) is 5.67. The minimum atomic E-state index is -0.373. The van der Waals surface area contributed by atoms with Crippen LogP contribution in [0.15, 0.2) is 24.3 Å². The molecule has 5 rings (SSSR count). The van der Waals surface area contributed by atoms with Crippen LogP contribution < -0.4 is 23.7 Å². The lowest BCUT2D eigenvalue weighted by molar-refractivity contribution is 0.147. The standard InChI is InChI=1S/C21H21NO7/c1-24-17-6-12(7-18(25-2)20(17)26-3)19-14-8-16-15(28-10-29-16)5-11(14)4-13-9-27-21(23)22(13)19/h5-8,13,19H,4,9-10H2,1-3H3/t13-,19-/m1/s1. The molecule has 3 aliphatic rings. The lowest BCUT2D eigenvalue weighted by Gasteiger charge is -2.37. The van der Waals surface area contributed by atoms with Gasteiger partial charge in [-0.2, -0.15) is 0 Å². The highest BCUT2D eigenvalue weighted by Gasteiger charge is 2.45. The van der Waals surface area contributed by atoms with Crippen LogP contribution in [0.25, 0.3) is 0 Å². The molecule has 2 aromatic rings. The summed E-state index contributed by atoms with van der Waals surface area (Å²) < 4.78 is 33.0. The van der Waals surface area contributed by atoms with E-state index in [4.69, 9.17) is 28.4 Å². The minimum Gasteiger partial charge on any atom is -0.493 e. The molecular weight excluding hydrogens is 378 g/mol. The quantitative estimate of drug-likeness (QED) is 0.782. The Morgan fingerprint density at radius 1 is 0.931 bits per heavy atom. The van der Waals surface area contributed by atoms with E-state index in [9.17, 15) is 4.79 Å². The number of rotatable bonds is 4. The molecule has 8 heteroatoms. The van der Waals surface area contributed by atoms with Gasteiger partial charge in [-0.1, -0.05) is 0 Å². The number of cyclic esters (lactones) is 1. The van der Waals surface area contributed by atoms with E-state index in [0.29, 0.717) is 36.0 Å². The molecule has 0 N–H and O–H groups in total. The molecule has 29 heavy (non-hydrogen) atoms. The van der Waals surface area contributed by atoms with E-state index in [1.165, 1.54) is 0 Å². The summed E-state index contributed by atoms with van der Waals surface area (Å²) in [4.78, 5) is 14.4. The average Bonchev–Trinajstić information content (AvgIpc) is 3.35. The van der Waals surface area contributed by atoms with Crippen molar-refractivity contribution < 1.29 is 33.2 Å². The molecule has 8 nitrogen and oxygen atoms in total. The molecule has 152 valence electrons. The van der Waals surface area contributed by atoms with Crippen molar-refractivity contribution in [1.82, 2.24) is 4.90 Å². The number of amides is 1. The number of carbonyl (C=O) groups is 1. The Kier molecular flexibility index (Phi) is 4.08. The number of benzene rings is 2. The second kappa shape index (κ2) is 6.65. The molecule has 0 saturated carbocycles. The smallest absolute Gasteiger partial charge is 0.411 e. The third kappa shape index (κ3) is 2.62. The minimum absolute atomic E-state index is 0.0561. The van der Waals surface area contributed by atoms with Crippen LogP contribution in [0.1, 0.15) is 22.7 Å². The fourth-order valence-electron chi connectivity index (χ4n) is 4.38. The first-order valence-electron chi connectivity index (χ1n) is 9.32. The third-order valence-electron chi connectivity index (χ3n) is 5.67. The summed E-state index contributed by atoms with van der Waals surface area (Å²) >= 11 is 0. The van der Waals surface area contributed by atoms with E-state index in [1.54, 1.807) is 26.2 Å². The molecule has 0 spiro atoms. The van der Waals surface area contributed by atoms with E-state index in [-0.39, 0.29) is 25.0 Å². The van der Waals surface area contributed by atoms with Gasteiger partial charge in [0.1, 0.15) is 6.61 Å². The van der Waals surface area contributed by atoms with Crippen molar-refractivity contribution in [3.05, 3.63) is 41.0 Å². The largest absolute Gasteiger partial charge is 0.493 e. The van der Waals surface area contributed by atoms with Crippen LogP contribution in [0.3, 0.4) is 0 Å². The molecule has 0 radical (unpaired) electrons. The van der Waals surface area contributed by atoms with E-state index >= 15 is 0 Å². The van der Waals surface area contributed by atoms with Crippen LogP contribution in [0.4, 0.5) is 4.79 Å². The first-order chi connectivity index (χ1) is 14.1. The molecule has 1 saturated heterocycles. The number of carbonyl (C=O) groups excluding carboxylic acids is 1. The van der Waals surface area contributed by atoms with Crippen molar-refractivity contribution in [3.8, 4) is 28.7 Å². The number of fused-ring (bicyclic) bond motifs is 3. The summed E-state index contributed by atoms with van der Waals surface area (Å²) in [5.74, 6) is 2.96. The Morgan fingerprint density at radius 2 is 1.62 bits per heavy atom. The SMILES string of the molecule is COc1cc([C@@H]2c3cc4c(cc3C[C@@H]3COC(=O)N32)OCO4)cc(OC)c1OC. The van der Waals surface area contributed by atoms with Crippen LogP contribution in [0.2, 0.25) is 0 Å². The van der Waals surface area contributed by atoms with Gasteiger partial charge in [-0.25, -0.2) is 4.79 Å². The summed E-state index contributed by atoms with van der Waals surface area (Å²) in [5.41, 5.74) is 2.91.